The van der Waals surface area contributed by atoms with Gasteiger partial charge in [0.1, 0.15) is 11.4 Å². The molecule has 0 aliphatic carbocycles. The maximum atomic E-state index is 11.5. The highest BCUT2D eigenvalue weighted by Gasteiger charge is 2.33. The molecule has 0 unspecified atom stereocenters. The average molecular weight is 223 g/mol. The number of carbonyl (C=O) groups is 1. The Morgan fingerprint density at radius 1 is 1.53 bits per heavy atom. The third-order valence-corrected chi connectivity index (χ3v) is 3.07. The van der Waals surface area contributed by atoms with Gasteiger partial charge >= 0.3 is 0 Å². The topological polar surface area (TPSA) is 54.4 Å². The van der Waals surface area contributed by atoms with Gasteiger partial charge in [0.25, 0.3) is 5.91 Å². The van der Waals surface area contributed by atoms with Crippen molar-refractivity contribution in [3.05, 3.63) is 16.1 Å². The van der Waals surface area contributed by atoms with Crippen LogP contribution in [0.25, 0.3) is 0 Å². The summed E-state index contributed by atoms with van der Waals surface area (Å²) < 4.78 is 0. The molecule has 80 valence electrons. The molecule has 1 amide bonds. The Hall–Kier alpha value is -1.23. The fourth-order valence-electron chi connectivity index (χ4n) is 1.44. The molecule has 0 fully saturated rings. The lowest BCUT2D eigenvalue weighted by atomic mass is 10.1. The Morgan fingerprint density at radius 3 is 2.73 bits per heavy atom. The molecule has 2 rings (SSSR count). The number of aliphatic imine (C=N–C) groups is 1. The van der Waals surface area contributed by atoms with Crippen LogP contribution in [0, 0.1) is 6.92 Å². The summed E-state index contributed by atoms with van der Waals surface area (Å²) >= 11 is 1.61. The zero-order valence-electron chi connectivity index (χ0n) is 9.00. The van der Waals surface area contributed by atoms with Crippen LogP contribution >= 0.6 is 11.3 Å². The average Bonchev–Trinajstić information content (AvgIpc) is 2.59. The lowest BCUT2D eigenvalue weighted by molar-refractivity contribution is -0.122. The molecular formula is C10H13N3OS. The molecule has 2 heterocycles. The predicted octanol–water partition coefficient (Wildman–Crippen LogP) is 1.30. The van der Waals surface area contributed by atoms with E-state index < -0.39 is 5.54 Å². The summed E-state index contributed by atoms with van der Waals surface area (Å²) in [5, 5.41) is 5.81. The first-order chi connectivity index (χ1) is 6.97. The minimum atomic E-state index is -0.625. The smallest absolute Gasteiger partial charge is 0.252 e. The number of rotatable bonds is 2. The van der Waals surface area contributed by atoms with E-state index in [1.54, 1.807) is 11.3 Å². The molecule has 4 nitrogen and oxygen atoms in total. The Kier molecular flexibility index (Phi) is 2.34. The molecule has 0 aromatic carbocycles. The number of nitrogens with zero attached hydrogens (tertiary/aromatic N) is 2. The highest BCUT2D eigenvalue weighted by atomic mass is 32.1. The van der Waals surface area contributed by atoms with E-state index in [4.69, 9.17) is 0 Å². The van der Waals surface area contributed by atoms with E-state index in [1.807, 2.05) is 26.2 Å². The molecule has 0 radical (unpaired) electrons. The number of amides is 1. The van der Waals surface area contributed by atoms with Crippen LogP contribution in [0.15, 0.2) is 10.4 Å². The van der Waals surface area contributed by atoms with Crippen molar-refractivity contribution in [2.45, 2.75) is 32.7 Å². The van der Waals surface area contributed by atoms with Gasteiger partial charge in [0, 0.05) is 11.8 Å². The summed E-state index contributed by atoms with van der Waals surface area (Å²) in [6, 6.07) is 0. The highest BCUT2D eigenvalue weighted by Crippen LogP contribution is 2.16. The van der Waals surface area contributed by atoms with Gasteiger partial charge in [-0.3, -0.25) is 9.79 Å². The lowest BCUT2D eigenvalue weighted by Crippen LogP contribution is -2.34. The number of carbonyl (C=O) groups excluding carboxylic acids is 1. The van der Waals surface area contributed by atoms with E-state index in [2.05, 4.69) is 15.3 Å². The van der Waals surface area contributed by atoms with Crippen molar-refractivity contribution in [3.8, 4) is 0 Å². The molecule has 0 atom stereocenters. The summed E-state index contributed by atoms with van der Waals surface area (Å²) in [7, 11) is 0. The minimum Gasteiger partial charge on any atom is -0.312 e. The van der Waals surface area contributed by atoms with Crippen molar-refractivity contribution in [3.63, 3.8) is 0 Å². The first kappa shape index (κ1) is 10.3. The van der Waals surface area contributed by atoms with Crippen molar-refractivity contribution in [1.82, 2.24) is 10.3 Å². The molecule has 0 saturated heterocycles. The summed E-state index contributed by atoms with van der Waals surface area (Å²) in [6.45, 7) is 5.58. The third kappa shape index (κ3) is 2.07. The summed E-state index contributed by atoms with van der Waals surface area (Å²) in [5.41, 5.74) is 0.342. The number of amidine groups is 1. The van der Waals surface area contributed by atoms with Gasteiger partial charge in [-0.2, -0.15) is 0 Å². The number of nitrogens with one attached hydrogen (secondary N) is 1. The maximum Gasteiger partial charge on any atom is 0.252 e. The van der Waals surface area contributed by atoms with Gasteiger partial charge in [-0.15, -0.1) is 11.3 Å². The van der Waals surface area contributed by atoms with Gasteiger partial charge in [0.05, 0.1) is 10.7 Å². The van der Waals surface area contributed by atoms with Gasteiger partial charge in [-0.25, -0.2) is 4.98 Å². The molecule has 1 aliphatic rings. The van der Waals surface area contributed by atoms with Crippen molar-refractivity contribution in [2.75, 3.05) is 0 Å². The lowest BCUT2D eigenvalue weighted by Gasteiger charge is -2.07. The summed E-state index contributed by atoms with van der Waals surface area (Å²) in [5.74, 6) is 0.680. The molecular weight excluding hydrogens is 210 g/mol. The fourth-order valence-corrected chi connectivity index (χ4v) is 2.06. The normalized spacial score (nSPS) is 18.9. The molecule has 1 aromatic rings. The molecule has 1 N–H and O–H groups in total. The van der Waals surface area contributed by atoms with Crippen LogP contribution in [-0.2, 0) is 11.2 Å². The molecule has 0 bridgehead atoms. The Morgan fingerprint density at radius 2 is 2.27 bits per heavy atom. The number of aromatic nitrogens is 1. The SMILES string of the molecule is Cc1nc(CC2=NC(C)(C)C(=O)N2)cs1. The minimum absolute atomic E-state index is 0.0375. The summed E-state index contributed by atoms with van der Waals surface area (Å²) in [6.07, 6.45) is 0.611. The largest absolute Gasteiger partial charge is 0.312 e. The molecule has 5 heteroatoms. The Labute approximate surface area is 92.4 Å². The van der Waals surface area contributed by atoms with Gasteiger partial charge in [-0.1, -0.05) is 0 Å². The second-order valence-electron chi connectivity index (χ2n) is 4.11. The zero-order valence-corrected chi connectivity index (χ0v) is 9.81. The highest BCUT2D eigenvalue weighted by molar-refractivity contribution is 7.09. The zero-order chi connectivity index (χ0) is 11.1. The molecule has 0 spiro atoms. The fraction of sp³-hybridized carbons (Fsp3) is 0.500. The molecule has 1 aliphatic heterocycles. The first-order valence-corrected chi connectivity index (χ1v) is 5.66. The third-order valence-electron chi connectivity index (χ3n) is 2.24. The van der Waals surface area contributed by atoms with Crippen molar-refractivity contribution < 1.29 is 4.79 Å². The quantitative estimate of drug-likeness (QED) is 0.821. The predicted molar refractivity (Wildman–Crippen MR) is 60.2 cm³/mol. The van der Waals surface area contributed by atoms with Crippen LogP contribution in [0.5, 0.6) is 0 Å². The van der Waals surface area contributed by atoms with Gasteiger partial charge in [0.2, 0.25) is 0 Å². The van der Waals surface area contributed by atoms with Gasteiger partial charge in [0.15, 0.2) is 0 Å². The van der Waals surface area contributed by atoms with Gasteiger partial charge in [-0.05, 0) is 20.8 Å². The van der Waals surface area contributed by atoms with Crippen LogP contribution in [0.2, 0.25) is 0 Å². The van der Waals surface area contributed by atoms with Crippen molar-refractivity contribution >= 4 is 23.1 Å². The Balaban J connectivity index is 2.12. The van der Waals surface area contributed by atoms with Crippen LogP contribution in [0.4, 0.5) is 0 Å². The van der Waals surface area contributed by atoms with E-state index in [1.165, 1.54) is 0 Å². The molecule has 15 heavy (non-hydrogen) atoms. The number of hydrogen-bond donors (Lipinski definition) is 1. The first-order valence-electron chi connectivity index (χ1n) is 4.78. The van der Waals surface area contributed by atoms with E-state index in [9.17, 15) is 4.79 Å². The number of aryl methyl sites for hydroxylation is 1. The molecule has 0 saturated carbocycles. The number of hydrogen-bond acceptors (Lipinski definition) is 4. The van der Waals surface area contributed by atoms with E-state index >= 15 is 0 Å². The van der Waals surface area contributed by atoms with Gasteiger partial charge < -0.3 is 5.32 Å². The standard InChI is InChI=1S/C10H13N3OS/c1-6-11-7(5-15-6)4-8-12-9(14)10(2,3)13-8/h5H,4H2,1-3H3,(H,12,13,14). The second-order valence-corrected chi connectivity index (χ2v) is 5.17. The van der Waals surface area contributed by atoms with Crippen LogP contribution in [0.3, 0.4) is 0 Å². The van der Waals surface area contributed by atoms with Crippen molar-refractivity contribution in [1.29, 1.82) is 0 Å². The maximum absolute atomic E-state index is 11.5. The van der Waals surface area contributed by atoms with Crippen LogP contribution in [-0.4, -0.2) is 22.3 Å². The van der Waals surface area contributed by atoms with Crippen LogP contribution in [0.1, 0.15) is 24.5 Å². The van der Waals surface area contributed by atoms with Crippen molar-refractivity contribution in [2.24, 2.45) is 4.99 Å². The molecule has 1 aromatic heterocycles. The van der Waals surface area contributed by atoms with Crippen LogP contribution < -0.4 is 5.32 Å². The monoisotopic (exact) mass is 223 g/mol. The second kappa shape index (κ2) is 3.41. The Bertz CT molecular complexity index is 434. The van der Waals surface area contributed by atoms with E-state index in [0.717, 1.165) is 16.5 Å². The summed E-state index contributed by atoms with van der Waals surface area (Å²) in [4.78, 5) is 20.1. The van der Waals surface area contributed by atoms with E-state index in [0.29, 0.717) is 6.42 Å². The van der Waals surface area contributed by atoms with E-state index in [-0.39, 0.29) is 5.91 Å². The number of thiazole rings is 1.